The number of benzene rings is 2. The number of rotatable bonds is 4. The zero-order valence-corrected chi connectivity index (χ0v) is 17.0. The maximum absolute atomic E-state index is 13.9. The van der Waals surface area contributed by atoms with Crippen molar-refractivity contribution in [2.45, 2.75) is 36.6 Å². The molecule has 1 N–H and O–H groups in total. The van der Waals surface area contributed by atoms with Crippen LogP contribution in [0.3, 0.4) is 0 Å². The second-order valence-electron chi connectivity index (χ2n) is 7.46. The highest BCUT2D eigenvalue weighted by atomic mass is 32.2. The summed E-state index contributed by atoms with van der Waals surface area (Å²) in [6.45, 7) is 3.10. The molecule has 31 heavy (non-hydrogen) atoms. The molecule has 0 spiro atoms. The minimum absolute atomic E-state index is 0.0401. The monoisotopic (exact) mass is 460 g/mol. The molecule has 0 bridgehead atoms. The van der Waals surface area contributed by atoms with Crippen LogP contribution in [0.1, 0.15) is 36.8 Å². The van der Waals surface area contributed by atoms with Crippen molar-refractivity contribution in [1.29, 1.82) is 0 Å². The first kappa shape index (κ1) is 21.7. The van der Waals surface area contributed by atoms with Gasteiger partial charge in [0.15, 0.2) is 0 Å². The summed E-state index contributed by atoms with van der Waals surface area (Å²) >= 11 is 0. The first-order valence-electron chi connectivity index (χ1n) is 9.49. The summed E-state index contributed by atoms with van der Waals surface area (Å²) in [5.41, 5.74) is 2.18. The highest BCUT2D eigenvalue weighted by Crippen LogP contribution is 2.34. The van der Waals surface area contributed by atoms with Crippen molar-refractivity contribution in [3.8, 4) is 5.75 Å². The molecule has 5 nitrogen and oxygen atoms in total. The molecule has 1 saturated heterocycles. The van der Waals surface area contributed by atoms with Gasteiger partial charge in [-0.3, -0.25) is 4.99 Å². The van der Waals surface area contributed by atoms with Crippen LogP contribution in [0, 0.1) is 29.1 Å². The maximum atomic E-state index is 13.9. The lowest BCUT2D eigenvalue weighted by molar-refractivity contribution is 0.346. The number of nitrogens with zero attached hydrogens (tertiary/aromatic N) is 1. The molecule has 11 heteroatoms. The summed E-state index contributed by atoms with van der Waals surface area (Å²) in [5.74, 6) is -13.8. The number of halogens is 5. The van der Waals surface area contributed by atoms with Gasteiger partial charge in [0, 0.05) is 24.1 Å². The van der Waals surface area contributed by atoms with E-state index in [4.69, 9.17) is 0 Å². The van der Waals surface area contributed by atoms with Gasteiger partial charge in [0.05, 0.1) is 5.71 Å². The fourth-order valence-electron chi connectivity index (χ4n) is 3.79. The van der Waals surface area contributed by atoms with E-state index >= 15 is 0 Å². The van der Waals surface area contributed by atoms with Crippen molar-refractivity contribution in [1.82, 2.24) is 5.32 Å². The summed E-state index contributed by atoms with van der Waals surface area (Å²) in [4.78, 5) is 4.13. The van der Waals surface area contributed by atoms with E-state index in [1.54, 1.807) is 0 Å². The smallest absolute Gasteiger partial charge is 0.339 e. The van der Waals surface area contributed by atoms with Crippen LogP contribution < -0.4 is 9.50 Å². The predicted molar refractivity (Wildman–Crippen MR) is 101 cm³/mol. The van der Waals surface area contributed by atoms with Gasteiger partial charge in [-0.25, -0.2) is 13.2 Å². The minimum Gasteiger partial charge on any atom is -0.372 e. The third kappa shape index (κ3) is 3.69. The third-order valence-electron chi connectivity index (χ3n) is 5.41. The number of nitrogens with one attached hydrogen (secondary N) is 1. The third-order valence-corrected chi connectivity index (χ3v) is 6.62. The van der Waals surface area contributed by atoms with E-state index in [1.807, 2.05) is 6.92 Å². The molecule has 1 fully saturated rings. The molecule has 2 heterocycles. The van der Waals surface area contributed by atoms with Crippen LogP contribution in [0.2, 0.25) is 0 Å². The van der Waals surface area contributed by atoms with E-state index in [2.05, 4.69) is 14.5 Å². The summed E-state index contributed by atoms with van der Waals surface area (Å²) in [6, 6.07) is 3.99. The SMILES string of the molecule is CC1CN=C(C2CCCN2)c2ccc(S(=O)(=O)Oc3c(F)c(F)c(F)c(F)c3F)cc21. The van der Waals surface area contributed by atoms with E-state index in [1.165, 1.54) is 12.1 Å². The van der Waals surface area contributed by atoms with E-state index in [0.29, 0.717) is 12.1 Å². The zero-order valence-electron chi connectivity index (χ0n) is 16.2. The molecule has 0 amide bonds. The fourth-order valence-corrected chi connectivity index (χ4v) is 4.76. The van der Waals surface area contributed by atoms with Crippen LogP contribution in [0.15, 0.2) is 28.1 Å². The topological polar surface area (TPSA) is 67.8 Å². The first-order valence-corrected chi connectivity index (χ1v) is 10.9. The van der Waals surface area contributed by atoms with E-state index in [9.17, 15) is 30.4 Å². The van der Waals surface area contributed by atoms with Crippen molar-refractivity contribution in [3.05, 3.63) is 58.4 Å². The van der Waals surface area contributed by atoms with Gasteiger partial charge in [0.25, 0.3) is 0 Å². The Morgan fingerprint density at radius 2 is 1.68 bits per heavy atom. The minimum atomic E-state index is -4.89. The molecule has 2 aromatic rings. The molecular weight excluding hydrogens is 443 g/mol. The van der Waals surface area contributed by atoms with Crippen molar-refractivity contribution >= 4 is 15.8 Å². The van der Waals surface area contributed by atoms with Crippen LogP contribution in [0.4, 0.5) is 22.0 Å². The Hall–Kier alpha value is -2.53. The van der Waals surface area contributed by atoms with Gasteiger partial charge in [-0.1, -0.05) is 13.0 Å². The largest absolute Gasteiger partial charge is 0.372 e. The molecule has 0 aliphatic carbocycles. The number of hydrogen-bond donors (Lipinski definition) is 1. The van der Waals surface area contributed by atoms with Crippen LogP contribution >= 0.6 is 0 Å². The fraction of sp³-hybridized carbons (Fsp3) is 0.350. The molecule has 0 aromatic heterocycles. The van der Waals surface area contributed by atoms with Crippen LogP contribution in [-0.2, 0) is 10.1 Å². The first-order chi connectivity index (χ1) is 14.6. The maximum Gasteiger partial charge on any atom is 0.339 e. The van der Waals surface area contributed by atoms with Gasteiger partial charge in [-0.2, -0.15) is 17.2 Å². The average Bonchev–Trinajstić information content (AvgIpc) is 3.29. The Kier molecular flexibility index (Phi) is 5.50. The Balaban J connectivity index is 1.73. The highest BCUT2D eigenvalue weighted by Gasteiger charge is 2.33. The average molecular weight is 460 g/mol. The highest BCUT2D eigenvalue weighted by molar-refractivity contribution is 7.87. The number of fused-ring (bicyclic) bond motifs is 1. The molecule has 2 aromatic carbocycles. The summed E-state index contributed by atoms with van der Waals surface area (Å²) in [6.07, 6.45) is 1.87. The van der Waals surface area contributed by atoms with Crippen molar-refractivity contribution in [2.75, 3.05) is 13.1 Å². The lowest BCUT2D eigenvalue weighted by atomic mass is 9.87. The van der Waals surface area contributed by atoms with Crippen molar-refractivity contribution < 1.29 is 34.6 Å². The number of aliphatic imine (C=N–C) groups is 1. The van der Waals surface area contributed by atoms with Crippen LogP contribution in [0.25, 0.3) is 0 Å². The van der Waals surface area contributed by atoms with E-state index in [-0.39, 0.29) is 12.0 Å². The van der Waals surface area contributed by atoms with Gasteiger partial charge >= 0.3 is 10.1 Å². The van der Waals surface area contributed by atoms with Crippen LogP contribution in [-0.4, -0.2) is 33.3 Å². The second-order valence-corrected chi connectivity index (χ2v) is 9.01. The molecule has 166 valence electrons. The van der Waals surface area contributed by atoms with Crippen molar-refractivity contribution in [3.63, 3.8) is 0 Å². The molecule has 4 rings (SSSR count). The quantitative estimate of drug-likeness (QED) is 0.326. The standard InChI is InChI=1S/C20H17F5N2O3S/c1-9-8-27-19(13-3-2-6-26-13)11-5-4-10(7-12(9)11)31(28,29)30-20-17(24)15(22)14(21)16(23)18(20)25/h4-5,7,9,13,26H,2-3,6,8H2,1H3. The Bertz CT molecular complexity index is 1160. The molecule has 2 aliphatic rings. The van der Waals surface area contributed by atoms with Gasteiger partial charge < -0.3 is 9.50 Å². The summed E-state index contributed by atoms with van der Waals surface area (Å²) < 4.78 is 97.3. The molecular formula is C20H17F5N2O3S. The Morgan fingerprint density at radius 3 is 2.29 bits per heavy atom. The van der Waals surface area contributed by atoms with E-state index < -0.39 is 49.8 Å². The lowest BCUT2D eigenvalue weighted by Gasteiger charge is -2.26. The Labute approximate surface area is 175 Å². The van der Waals surface area contributed by atoms with Gasteiger partial charge in [-0.15, -0.1) is 0 Å². The zero-order chi connectivity index (χ0) is 22.5. The lowest BCUT2D eigenvalue weighted by Crippen LogP contribution is -2.34. The predicted octanol–water partition coefficient (Wildman–Crippen LogP) is 3.81. The second kappa shape index (κ2) is 7.86. The number of hydrogen-bond acceptors (Lipinski definition) is 5. The molecule has 2 aliphatic heterocycles. The Morgan fingerprint density at radius 1 is 1.03 bits per heavy atom. The molecule has 2 atom stereocenters. The van der Waals surface area contributed by atoms with Gasteiger partial charge in [0.2, 0.25) is 34.8 Å². The normalized spacial score (nSPS) is 21.0. The molecule has 2 unspecified atom stereocenters. The summed E-state index contributed by atoms with van der Waals surface area (Å²) in [7, 11) is -4.89. The van der Waals surface area contributed by atoms with Crippen molar-refractivity contribution in [2.24, 2.45) is 4.99 Å². The van der Waals surface area contributed by atoms with Crippen LogP contribution in [0.5, 0.6) is 5.75 Å². The molecule has 0 saturated carbocycles. The van der Waals surface area contributed by atoms with Gasteiger partial charge in [0.1, 0.15) is 4.90 Å². The summed E-state index contributed by atoms with van der Waals surface area (Å²) in [5, 5.41) is 3.33. The molecule has 0 radical (unpaired) electrons. The van der Waals surface area contributed by atoms with Gasteiger partial charge in [-0.05, 0) is 37.1 Å². The van der Waals surface area contributed by atoms with E-state index in [0.717, 1.165) is 36.7 Å².